The number of hydrogen-bond donors (Lipinski definition) is 2. The summed E-state index contributed by atoms with van der Waals surface area (Å²) in [5, 5.41) is 12.7. The summed E-state index contributed by atoms with van der Waals surface area (Å²) in [6, 6.07) is 7.43. The summed E-state index contributed by atoms with van der Waals surface area (Å²) in [4.78, 5) is 4.29. The first-order valence-corrected chi connectivity index (χ1v) is 6.81. The number of phenolic OH excluding ortho intramolecular Hbond substituents is 1. The number of nitrogens with one attached hydrogen (secondary N) is 1. The van der Waals surface area contributed by atoms with Crippen LogP contribution in [0.1, 0.15) is 23.6 Å². The SMILES string of the molecule is Oc1ccc(CCn2cncc2C2CCNC2)cc1. The molecular formula is C15H19N3O. The van der Waals surface area contributed by atoms with E-state index < -0.39 is 0 Å². The fourth-order valence-corrected chi connectivity index (χ4v) is 2.68. The summed E-state index contributed by atoms with van der Waals surface area (Å²) in [6.07, 6.45) is 6.08. The molecule has 0 saturated carbocycles. The van der Waals surface area contributed by atoms with Gasteiger partial charge >= 0.3 is 0 Å². The van der Waals surface area contributed by atoms with Crippen LogP contribution in [0.15, 0.2) is 36.8 Å². The number of aromatic hydroxyl groups is 1. The van der Waals surface area contributed by atoms with Gasteiger partial charge in [-0.15, -0.1) is 0 Å². The fraction of sp³-hybridized carbons (Fsp3) is 0.400. The third kappa shape index (κ3) is 2.79. The van der Waals surface area contributed by atoms with Gasteiger partial charge in [-0.3, -0.25) is 0 Å². The molecule has 0 spiro atoms. The summed E-state index contributed by atoms with van der Waals surface area (Å²) >= 11 is 0. The van der Waals surface area contributed by atoms with Gasteiger partial charge in [0, 0.05) is 30.9 Å². The van der Waals surface area contributed by atoms with Gasteiger partial charge in [-0.2, -0.15) is 0 Å². The van der Waals surface area contributed by atoms with E-state index in [1.807, 2.05) is 24.7 Å². The summed E-state index contributed by atoms with van der Waals surface area (Å²) < 4.78 is 2.25. The maximum absolute atomic E-state index is 9.27. The molecule has 100 valence electrons. The van der Waals surface area contributed by atoms with Gasteiger partial charge in [0.25, 0.3) is 0 Å². The van der Waals surface area contributed by atoms with Crippen molar-refractivity contribution in [1.29, 1.82) is 0 Å². The highest BCUT2D eigenvalue weighted by atomic mass is 16.3. The Morgan fingerprint density at radius 1 is 1.32 bits per heavy atom. The van der Waals surface area contributed by atoms with Crippen molar-refractivity contribution in [1.82, 2.24) is 14.9 Å². The van der Waals surface area contributed by atoms with E-state index in [1.165, 1.54) is 17.7 Å². The first-order chi connectivity index (χ1) is 9.33. The second-order valence-electron chi connectivity index (χ2n) is 5.12. The molecule has 0 bridgehead atoms. The van der Waals surface area contributed by atoms with Crippen molar-refractivity contribution in [2.24, 2.45) is 0 Å². The topological polar surface area (TPSA) is 50.1 Å². The molecule has 4 nitrogen and oxygen atoms in total. The molecule has 1 atom stereocenters. The fourth-order valence-electron chi connectivity index (χ4n) is 2.68. The zero-order valence-electron chi connectivity index (χ0n) is 10.9. The normalized spacial score (nSPS) is 18.8. The highest BCUT2D eigenvalue weighted by Crippen LogP contribution is 2.22. The van der Waals surface area contributed by atoms with E-state index in [0.717, 1.165) is 26.1 Å². The summed E-state index contributed by atoms with van der Waals surface area (Å²) in [5.41, 5.74) is 2.57. The van der Waals surface area contributed by atoms with E-state index in [0.29, 0.717) is 11.7 Å². The number of benzene rings is 1. The van der Waals surface area contributed by atoms with Crippen molar-refractivity contribution < 1.29 is 5.11 Å². The molecule has 0 amide bonds. The second-order valence-corrected chi connectivity index (χ2v) is 5.12. The van der Waals surface area contributed by atoms with Gasteiger partial charge < -0.3 is 15.0 Å². The Bertz CT molecular complexity index is 527. The minimum Gasteiger partial charge on any atom is -0.508 e. The first kappa shape index (κ1) is 12.2. The highest BCUT2D eigenvalue weighted by Gasteiger charge is 2.19. The molecule has 0 radical (unpaired) electrons. The molecule has 1 saturated heterocycles. The minimum absolute atomic E-state index is 0.323. The number of phenols is 1. The molecule has 1 aliphatic heterocycles. The largest absolute Gasteiger partial charge is 0.508 e. The van der Waals surface area contributed by atoms with Crippen LogP contribution in [0.3, 0.4) is 0 Å². The van der Waals surface area contributed by atoms with Crippen LogP contribution in [-0.2, 0) is 13.0 Å². The van der Waals surface area contributed by atoms with Crippen molar-refractivity contribution in [2.75, 3.05) is 13.1 Å². The Morgan fingerprint density at radius 2 is 2.16 bits per heavy atom. The Balaban J connectivity index is 1.66. The van der Waals surface area contributed by atoms with E-state index >= 15 is 0 Å². The van der Waals surface area contributed by atoms with Crippen molar-refractivity contribution in [2.45, 2.75) is 25.3 Å². The van der Waals surface area contributed by atoms with E-state index in [1.54, 1.807) is 12.1 Å². The van der Waals surface area contributed by atoms with Gasteiger partial charge in [-0.05, 0) is 37.1 Å². The van der Waals surface area contributed by atoms with Crippen LogP contribution in [0.2, 0.25) is 0 Å². The van der Waals surface area contributed by atoms with E-state index in [2.05, 4.69) is 14.9 Å². The molecule has 19 heavy (non-hydrogen) atoms. The van der Waals surface area contributed by atoms with Crippen LogP contribution in [-0.4, -0.2) is 27.7 Å². The van der Waals surface area contributed by atoms with Crippen molar-refractivity contribution >= 4 is 0 Å². The smallest absolute Gasteiger partial charge is 0.115 e. The van der Waals surface area contributed by atoms with Crippen LogP contribution >= 0.6 is 0 Å². The molecule has 2 N–H and O–H groups in total. The molecule has 2 aromatic rings. The van der Waals surface area contributed by atoms with E-state index in [9.17, 15) is 5.11 Å². The van der Waals surface area contributed by atoms with Crippen LogP contribution in [0.25, 0.3) is 0 Å². The lowest BCUT2D eigenvalue weighted by atomic mass is 10.1. The molecule has 2 heterocycles. The zero-order chi connectivity index (χ0) is 13.1. The average molecular weight is 257 g/mol. The van der Waals surface area contributed by atoms with Crippen molar-refractivity contribution in [3.63, 3.8) is 0 Å². The lowest BCUT2D eigenvalue weighted by Crippen LogP contribution is -2.12. The maximum atomic E-state index is 9.27. The van der Waals surface area contributed by atoms with Gasteiger partial charge in [-0.25, -0.2) is 4.98 Å². The predicted molar refractivity (Wildman–Crippen MR) is 74.3 cm³/mol. The number of imidazole rings is 1. The Kier molecular flexibility index (Phi) is 3.51. The van der Waals surface area contributed by atoms with Crippen LogP contribution in [0, 0.1) is 0 Å². The number of hydrogen-bond acceptors (Lipinski definition) is 3. The summed E-state index contributed by atoms with van der Waals surface area (Å²) in [7, 11) is 0. The third-order valence-corrected chi connectivity index (χ3v) is 3.80. The monoisotopic (exact) mass is 257 g/mol. The molecule has 0 aliphatic carbocycles. The first-order valence-electron chi connectivity index (χ1n) is 6.81. The number of aryl methyl sites for hydroxylation is 2. The standard InChI is InChI=1S/C15H19N3O/c19-14-3-1-12(2-4-14)6-8-18-11-17-10-15(18)13-5-7-16-9-13/h1-4,10-11,13,16,19H,5-9H2. The molecule has 1 unspecified atom stereocenters. The van der Waals surface area contributed by atoms with E-state index in [4.69, 9.17) is 0 Å². The van der Waals surface area contributed by atoms with Crippen molar-refractivity contribution in [3.8, 4) is 5.75 Å². The Morgan fingerprint density at radius 3 is 2.89 bits per heavy atom. The maximum Gasteiger partial charge on any atom is 0.115 e. The van der Waals surface area contributed by atoms with Crippen molar-refractivity contribution in [3.05, 3.63) is 48.0 Å². The lowest BCUT2D eigenvalue weighted by Gasteiger charge is -2.12. The van der Waals surface area contributed by atoms with Crippen LogP contribution < -0.4 is 5.32 Å². The molecule has 1 aliphatic rings. The summed E-state index contributed by atoms with van der Waals surface area (Å²) in [6.45, 7) is 3.11. The zero-order valence-corrected chi connectivity index (χ0v) is 10.9. The van der Waals surface area contributed by atoms with Gasteiger partial charge in [0.2, 0.25) is 0 Å². The third-order valence-electron chi connectivity index (χ3n) is 3.80. The average Bonchev–Trinajstić information content (AvgIpc) is 3.08. The second kappa shape index (κ2) is 5.45. The van der Waals surface area contributed by atoms with Gasteiger partial charge in [0.05, 0.1) is 6.33 Å². The minimum atomic E-state index is 0.323. The Hall–Kier alpha value is -1.81. The number of aromatic nitrogens is 2. The summed E-state index contributed by atoms with van der Waals surface area (Å²) in [5.74, 6) is 0.923. The van der Waals surface area contributed by atoms with Crippen LogP contribution in [0.5, 0.6) is 5.75 Å². The Labute approximate surface area is 113 Å². The molecule has 1 aromatic heterocycles. The number of nitrogens with zero attached hydrogens (tertiary/aromatic N) is 2. The molecule has 1 aromatic carbocycles. The molecule has 3 rings (SSSR count). The molecule has 1 fully saturated rings. The van der Waals surface area contributed by atoms with Gasteiger partial charge in [-0.1, -0.05) is 12.1 Å². The van der Waals surface area contributed by atoms with E-state index in [-0.39, 0.29) is 0 Å². The molecular weight excluding hydrogens is 238 g/mol. The number of rotatable bonds is 4. The van der Waals surface area contributed by atoms with Crippen LogP contribution in [0.4, 0.5) is 0 Å². The molecule has 4 heteroatoms. The highest BCUT2D eigenvalue weighted by molar-refractivity contribution is 5.26. The lowest BCUT2D eigenvalue weighted by molar-refractivity contribution is 0.475. The van der Waals surface area contributed by atoms with Gasteiger partial charge in [0.15, 0.2) is 0 Å². The quantitative estimate of drug-likeness (QED) is 0.879. The van der Waals surface area contributed by atoms with Gasteiger partial charge in [0.1, 0.15) is 5.75 Å². The predicted octanol–water partition coefficient (Wildman–Crippen LogP) is 1.91.